The van der Waals surface area contributed by atoms with Gasteiger partial charge < -0.3 is 11.1 Å². The molecule has 6 nitrogen and oxygen atoms in total. The highest BCUT2D eigenvalue weighted by Crippen LogP contribution is 2.21. The number of aromatic nitrogens is 1. The molecule has 1 aromatic heterocycles. The Bertz CT molecular complexity index is 816. The largest absolute Gasteiger partial charge is 0.369 e. The number of carbonyl (C=O) groups is 2. The smallest absolute Gasteiger partial charge is 0.230 e. The van der Waals surface area contributed by atoms with E-state index in [4.69, 9.17) is 5.73 Å². The SMILES string of the molecule is CC(C)c1nc(CC(=O)Nc2ccc(CN3CCCC(C(N)=O)C3)cc2)cs1. The van der Waals surface area contributed by atoms with Crippen LogP contribution in [0, 0.1) is 5.92 Å². The first-order valence-corrected chi connectivity index (χ1v) is 10.6. The first-order chi connectivity index (χ1) is 13.4. The minimum absolute atomic E-state index is 0.0470. The number of thiazole rings is 1. The third-order valence-corrected chi connectivity index (χ3v) is 6.15. The van der Waals surface area contributed by atoms with Crippen molar-refractivity contribution in [3.8, 4) is 0 Å². The monoisotopic (exact) mass is 400 g/mol. The van der Waals surface area contributed by atoms with Crippen LogP contribution in [0.1, 0.15) is 48.9 Å². The molecule has 1 unspecified atom stereocenters. The van der Waals surface area contributed by atoms with E-state index in [1.807, 2.05) is 29.6 Å². The summed E-state index contributed by atoms with van der Waals surface area (Å²) in [5, 5.41) is 5.95. The molecule has 1 fully saturated rings. The molecule has 3 N–H and O–H groups in total. The van der Waals surface area contributed by atoms with Crippen LogP contribution in [0.15, 0.2) is 29.6 Å². The summed E-state index contributed by atoms with van der Waals surface area (Å²) in [6, 6.07) is 7.87. The summed E-state index contributed by atoms with van der Waals surface area (Å²) in [5.74, 6) is 0.0684. The number of hydrogen-bond acceptors (Lipinski definition) is 5. The van der Waals surface area contributed by atoms with Gasteiger partial charge in [-0.15, -0.1) is 11.3 Å². The minimum Gasteiger partial charge on any atom is -0.369 e. The summed E-state index contributed by atoms with van der Waals surface area (Å²) in [6.07, 6.45) is 2.17. The summed E-state index contributed by atoms with van der Waals surface area (Å²) >= 11 is 1.60. The molecule has 3 rings (SSSR count). The van der Waals surface area contributed by atoms with E-state index in [0.29, 0.717) is 5.92 Å². The van der Waals surface area contributed by atoms with E-state index in [0.717, 1.165) is 54.4 Å². The number of nitrogens with one attached hydrogen (secondary N) is 1. The van der Waals surface area contributed by atoms with Crippen molar-refractivity contribution in [1.29, 1.82) is 0 Å². The number of amides is 2. The average molecular weight is 401 g/mol. The number of nitrogens with zero attached hydrogens (tertiary/aromatic N) is 2. The number of anilines is 1. The standard InChI is InChI=1S/C21H28N4O2S/c1-14(2)21-24-18(13-28-21)10-19(26)23-17-7-5-15(6-8-17)11-25-9-3-4-16(12-25)20(22)27/h5-8,13-14,16H,3-4,9-12H2,1-2H3,(H2,22,27)(H,23,26). The zero-order valence-electron chi connectivity index (χ0n) is 16.5. The molecule has 1 aliphatic heterocycles. The van der Waals surface area contributed by atoms with E-state index in [1.54, 1.807) is 11.3 Å². The molecule has 1 aromatic carbocycles. The normalized spacial score (nSPS) is 17.6. The molecule has 2 heterocycles. The highest BCUT2D eigenvalue weighted by Gasteiger charge is 2.23. The van der Waals surface area contributed by atoms with Crippen LogP contribution in [-0.2, 0) is 22.6 Å². The highest BCUT2D eigenvalue weighted by molar-refractivity contribution is 7.09. The Balaban J connectivity index is 1.51. The predicted octanol–water partition coefficient (Wildman–Crippen LogP) is 3.15. The number of rotatable bonds is 7. The van der Waals surface area contributed by atoms with Gasteiger partial charge in [0, 0.05) is 30.1 Å². The summed E-state index contributed by atoms with van der Waals surface area (Å²) in [4.78, 5) is 30.5. The quantitative estimate of drug-likeness (QED) is 0.747. The Kier molecular flexibility index (Phi) is 6.80. The molecule has 2 amide bonds. The van der Waals surface area contributed by atoms with E-state index >= 15 is 0 Å². The van der Waals surface area contributed by atoms with Gasteiger partial charge in [0.2, 0.25) is 11.8 Å². The van der Waals surface area contributed by atoms with Gasteiger partial charge in [-0.25, -0.2) is 4.98 Å². The first-order valence-electron chi connectivity index (χ1n) is 9.75. The van der Waals surface area contributed by atoms with Gasteiger partial charge in [0.05, 0.1) is 23.0 Å². The lowest BCUT2D eigenvalue weighted by atomic mass is 9.97. The van der Waals surface area contributed by atoms with Crippen molar-refractivity contribution in [3.63, 3.8) is 0 Å². The number of benzene rings is 1. The summed E-state index contributed by atoms with van der Waals surface area (Å²) in [7, 11) is 0. The highest BCUT2D eigenvalue weighted by atomic mass is 32.1. The molecule has 0 saturated carbocycles. The molecule has 1 saturated heterocycles. The lowest BCUT2D eigenvalue weighted by Gasteiger charge is -2.31. The van der Waals surface area contributed by atoms with Crippen molar-refractivity contribution in [3.05, 3.63) is 45.9 Å². The van der Waals surface area contributed by atoms with Gasteiger partial charge in [-0.3, -0.25) is 14.5 Å². The fraction of sp³-hybridized carbons (Fsp3) is 0.476. The van der Waals surface area contributed by atoms with E-state index in [2.05, 4.69) is 29.0 Å². The number of primary amides is 1. The van der Waals surface area contributed by atoms with E-state index in [9.17, 15) is 9.59 Å². The van der Waals surface area contributed by atoms with Crippen LogP contribution in [0.25, 0.3) is 0 Å². The number of nitrogens with two attached hydrogens (primary N) is 1. The predicted molar refractivity (Wildman–Crippen MR) is 112 cm³/mol. The summed E-state index contributed by atoms with van der Waals surface area (Å²) < 4.78 is 0. The van der Waals surface area contributed by atoms with Gasteiger partial charge in [0.15, 0.2) is 0 Å². The minimum atomic E-state index is -0.205. The Morgan fingerprint density at radius 1 is 1.32 bits per heavy atom. The van der Waals surface area contributed by atoms with Crippen molar-refractivity contribution >= 4 is 28.8 Å². The van der Waals surface area contributed by atoms with E-state index in [1.165, 1.54) is 0 Å². The molecule has 150 valence electrons. The maximum absolute atomic E-state index is 12.3. The fourth-order valence-electron chi connectivity index (χ4n) is 3.42. The molecule has 0 radical (unpaired) electrons. The summed E-state index contributed by atoms with van der Waals surface area (Å²) in [6.45, 7) is 6.69. The fourth-order valence-corrected chi connectivity index (χ4v) is 4.26. The number of likely N-dealkylation sites (tertiary alicyclic amines) is 1. The second-order valence-corrected chi connectivity index (χ2v) is 8.62. The molecule has 28 heavy (non-hydrogen) atoms. The molecule has 0 spiro atoms. The van der Waals surface area contributed by atoms with Crippen LogP contribution in [0.2, 0.25) is 0 Å². The molecule has 0 bridgehead atoms. The third kappa shape index (κ3) is 5.62. The molecular weight excluding hydrogens is 372 g/mol. The van der Waals surface area contributed by atoms with Crippen LogP contribution in [0.3, 0.4) is 0 Å². The molecule has 2 aromatic rings. The van der Waals surface area contributed by atoms with Gasteiger partial charge in [0.1, 0.15) is 0 Å². The molecule has 0 aliphatic carbocycles. The van der Waals surface area contributed by atoms with Gasteiger partial charge >= 0.3 is 0 Å². The Morgan fingerprint density at radius 2 is 2.07 bits per heavy atom. The van der Waals surface area contributed by atoms with Crippen molar-refractivity contribution in [2.24, 2.45) is 11.7 Å². The van der Waals surface area contributed by atoms with Gasteiger partial charge in [-0.05, 0) is 37.1 Å². The van der Waals surface area contributed by atoms with Crippen LogP contribution in [0.4, 0.5) is 5.69 Å². The Labute approximate surface area is 170 Å². The third-order valence-electron chi connectivity index (χ3n) is 4.96. The first kappa shape index (κ1) is 20.5. The van der Waals surface area contributed by atoms with Gasteiger partial charge in [-0.1, -0.05) is 26.0 Å². The van der Waals surface area contributed by atoms with Gasteiger partial charge in [0.25, 0.3) is 0 Å². The zero-order chi connectivity index (χ0) is 20.1. The average Bonchev–Trinajstić information content (AvgIpc) is 3.12. The second-order valence-electron chi connectivity index (χ2n) is 7.73. The molecule has 1 aliphatic rings. The van der Waals surface area contributed by atoms with Crippen LogP contribution >= 0.6 is 11.3 Å². The Hall–Kier alpha value is -2.25. The number of hydrogen-bond donors (Lipinski definition) is 2. The second kappa shape index (κ2) is 9.30. The lowest BCUT2D eigenvalue weighted by molar-refractivity contribution is -0.123. The Morgan fingerprint density at radius 3 is 2.71 bits per heavy atom. The number of piperidine rings is 1. The van der Waals surface area contributed by atoms with E-state index in [-0.39, 0.29) is 24.2 Å². The maximum atomic E-state index is 12.3. The van der Waals surface area contributed by atoms with Crippen molar-refractivity contribution < 1.29 is 9.59 Å². The van der Waals surface area contributed by atoms with Crippen LogP contribution in [0.5, 0.6) is 0 Å². The number of carbonyl (C=O) groups excluding carboxylic acids is 2. The topological polar surface area (TPSA) is 88.3 Å². The van der Waals surface area contributed by atoms with Crippen molar-refractivity contribution in [2.75, 3.05) is 18.4 Å². The van der Waals surface area contributed by atoms with Crippen molar-refractivity contribution in [1.82, 2.24) is 9.88 Å². The molecular formula is C21H28N4O2S. The molecule has 1 atom stereocenters. The zero-order valence-corrected chi connectivity index (χ0v) is 17.3. The maximum Gasteiger partial charge on any atom is 0.230 e. The molecule has 7 heteroatoms. The summed E-state index contributed by atoms with van der Waals surface area (Å²) in [5.41, 5.74) is 8.20. The van der Waals surface area contributed by atoms with Crippen molar-refractivity contribution in [2.45, 2.75) is 45.6 Å². The van der Waals surface area contributed by atoms with E-state index < -0.39 is 0 Å². The van der Waals surface area contributed by atoms with Gasteiger partial charge in [-0.2, -0.15) is 0 Å². The van der Waals surface area contributed by atoms with Crippen LogP contribution < -0.4 is 11.1 Å². The lowest BCUT2D eigenvalue weighted by Crippen LogP contribution is -2.40. The van der Waals surface area contributed by atoms with Crippen LogP contribution in [-0.4, -0.2) is 34.8 Å².